The van der Waals surface area contributed by atoms with Crippen LogP contribution in [0, 0.1) is 19.8 Å². The normalized spacial score (nSPS) is 18.3. The molecule has 136 valence electrons. The van der Waals surface area contributed by atoms with E-state index < -0.39 is 0 Å². The Bertz CT molecular complexity index is 854. The van der Waals surface area contributed by atoms with Gasteiger partial charge in [0.2, 0.25) is 0 Å². The Balaban J connectivity index is 1.47. The van der Waals surface area contributed by atoms with Crippen molar-refractivity contribution in [3.05, 3.63) is 52.5 Å². The lowest BCUT2D eigenvalue weighted by molar-refractivity contribution is 0.157. The van der Waals surface area contributed by atoms with Gasteiger partial charge < -0.3 is 4.57 Å². The van der Waals surface area contributed by atoms with E-state index in [1.165, 1.54) is 35.7 Å². The van der Waals surface area contributed by atoms with E-state index in [4.69, 9.17) is 0 Å². The fourth-order valence-corrected chi connectivity index (χ4v) is 4.62. The molecule has 4 rings (SSSR count). The predicted molar refractivity (Wildman–Crippen MR) is 105 cm³/mol. The molecule has 1 unspecified atom stereocenters. The smallest absolute Gasteiger partial charge is 0.140 e. The maximum absolute atomic E-state index is 4.66. The molecule has 1 saturated heterocycles. The average molecular weight is 368 g/mol. The van der Waals surface area contributed by atoms with Crippen molar-refractivity contribution in [3.63, 3.8) is 0 Å². The molecule has 1 aliphatic rings. The van der Waals surface area contributed by atoms with Crippen LogP contribution in [0.15, 0.2) is 36.2 Å². The SMILES string of the molecule is Cc1ncsc1CN1CCCC(Cn2c(C)cnc2-c2ccncc2)C1. The molecular weight excluding hydrogens is 342 g/mol. The number of likely N-dealkylation sites (tertiary alicyclic amines) is 1. The van der Waals surface area contributed by atoms with Crippen LogP contribution in [0.1, 0.15) is 29.1 Å². The molecule has 0 aliphatic carbocycles. The second kappa shape index (κ2) is 7.68. The van der Waals surface area contributed by atoms with Crippen molar-refractivity contribution in [1.29, 1.82) is 0 Å². The van der Waals surface area contributed by atoms with Crippen molar-refractivity contribution in [3.8, 4) is 11.4 Å². The van der Waals surface area contributed by atoms with Gasteiger partial charge in [0.05, 0.1) is 11.2 Å². The fourth-order valence-electron chi connectivity index (χ4n) is 3.81. The first-order valence-corrected chi connectivity index (χ1v) is 10.1. The molecule has 0 amide bonds. The van der Waals surface area contributed by atoms with Gasteiger partial charge in [0.15, 0.2) is 0 Å². The topological polar surface area (TPSA) is 46.8 Å². The Hall–Kier alpha value is -2.05. The van der Waals surface area contributed by atoms with Crippen molar-refractivity contribution < 1.29 is 0 Å². The number of aryl methyl sites for hydroxylation is 2. The molecule has 26 heavy (non-hydrogen) atoms. The number of pyridine rings is 1. The van der Waals surface area contributed by atoms with Gasteiger partial charge in [-0.05, 0) is 51.3 Å². The van der Waals surface area contributed by atoms with Crippen LogP contribution in [0.4, 0.5) is 0 Å². The monoisotopic (exact) mass is 367 g/mol. The summed E-state index contributed by atoms with van der Waals surface area (Å²) < 4.78 is 2.38. The maximum Gasteiger partial charge on any atom is 0.140 e. The molecule has 1 aliphatic heterocycles. The van der Waals surface area contributed by atoms with E-state index >= 15 is 0 Å². The molecule has 0 bridgehead atoms. The van der Waals surface area contributed by atoms with E-state index in [-0.39, 0.29) is 0 Å². The van der Waals surface area contributed by atoms with Gasteiger partial charge in [-0.1, -0.05) is 0 Å². The minimum Gasteiger partial charge on any atom is -0.328 e. The number of thiazole rings is 1. The minimum absolute atomic E-state index is 0.658. The highest BCUT2D eigenvalue weighted by Crippen LogP contribution is 2.26. The number of hydrogen-bond acceptors (Lipinski definition) is 5. The molecule has 0 N–H and O–H groups in total. The van der Waals surface area contributed by atoms with Crippen LogP contribution in [0.3, 0.4) is 0 Å². The standard InChI is InChI=1S/C20H25N5S/c1-15-10-22-20(18-5-7-21-8-6-18)25(15)12-17-4-3-9-24(11-17)13-19-16(2)23-14-26-19/h5-8,10,14,17H,3-4,9,11-13H2,1-2H3. The molecule has 1 atom stereocenters. The lowest BCUT2D eigenvalue weighted by atomic mass is 9.97. The summed E-state index contributed by atoms with van der Waals surface area (Å²) in [5, 5.41) is 0. The summed E-state index contributed by atoms with van der Waals surface area (Å²) in [5.41, 5.74) is 5.51. The van der Waals surface area contributed by atoms with Crippen molar-refractivity contribution in [1.82, 2.24) is 24.4 Å². The summed E-state index contributed by atoms with van der Waals surface area (Å²) in [7, 11) is 0. The second-order valence-electron chi connectivity index (χ2n) is 7.17. The van der Waals surface area contributed by atoms with E-state index in [2.05, 4.69) is 38.3 Å². The van der Waals surface area contributed by atoms with E-state index in [9.17, 15) is 0 Å². The Labute approximate surface area is 158 Å². The Morgan fingerprint density at radius 2 is 2.04 bits per heavy atom. The van der Waals surface area contributed by atoms with Crippen molar-refractivity contribution in [2.24, 2.45) is 5.92 Å². The summed E-state index contributed by atoms with van der Waals surface area (Å²) in [6.07, 6.45) is 8.20. The molecule has 0 saturated carbocycles. The molecule has 6 heteroatoms. The third-order valence-corrected chi connectivity index (χ3v) is 6.17. The van der Waals surface area contributed by atoms with Crippen LogP contribution < -0.4 is 0 Å². The zero-order chi connectivity index (χ0) is 17.9. The van der Waals surface area contributed by atoms with Crippen LogP contribution in [-0.4, -0.2) is 37.5 Å². The second-order valence-corrected chi connectivity index (χ2v) is 8.11. The van der Waals surface area contributed by atoms with Gasteiger partial charge in [-0.25, -0.2) is 9.97 Å². The quantitative estimate of drug-likeness (QED) is 0.685. The van der Waals surface area contributed by atoms with E-state index in [0.717, 1.165) is 31.0 Å². The molecular formula is C20H25N5S. The lowest BCUT2D eigenvalue weighted by Gasteiger charge is -2.33. The summed E-state index contributed by atoms with van der Waals surface area (Å²) in [6.45, 7) is 8.66. The summed E-state index contributed by atoms with van der Waals surface area (Å²) >= 11 is 1.78. The van der Waals surface area contributed by atoms with E-state index in [0.29, 0.717) is 5.92 Å². The third kappa shape index (κ3) is 3.71. The molecule has 0 radical (unpaired) electrons. The van der Waals surface area contributed by atoms with Crippen LogP contribution in [0.25, 0.3) is 11.4 Å². The first kappa shape index (κ1) is 17.4. The van der Waals surface area contributed by atoms with Gasteiger partial charge in [-0.2, -0.15) is 0 Å². The summed E-state index contributed by atoms with van der Waals surface area (Å²) in [6, 6.07) is 4.08. The Morgan fingerprint density at radius 1 is 1.19 bits per heavy atom. The van der Waals surface area contributed by atoms with Crippen molar-refractivity contribution in [2.45, 2.75) is 39.8 Å². The van der Waals surface area contributed by atoms with Gasteiger partial charge in [-0.3, -0.25) is 9.88 Å². The predicted octanol–water partition coefficient (Wildman–Crippen LogP) is 3.93. The molecule has 1 fully saturated rings. The summed E-state index contributed by atoms with van der Waals surface area (Å²) in [4.78, 5) is 17.2. The molecule has 5 nitrogen and oxygen atoms in total. The zero-order valence-electron chi connectivity index (χ0n) is 15.4. The van der Waals surface area contributed by atoms with Crippen LogP contribution >= 0.6 is 11.3 Å². The average Bonchev–Trinajstić information content (AvgIpc) is 3.22. The Kier molecular flexibility index (Phi) is 5.13. The molecule has 3 aromatic rings. The number of nitrogens with zero attached hydrogens (tertiary/aromatic N) is 5. The van der Waals surface area contributed by atoms with Gasteiger partial charge in [-0.15, -0.1) is 11.3 Å². The van der Waals surface area contributed by atoms with E-state index in [1.54, 1.807) is 11.3 Å². The highest BCUT2D eigenvalue weighted by molar-refractivity contribution is 7.09. The molecule has 3 aromatic heterocycles. The number of piperidine rings is 1. The Morgan fingerprint density at radius 3 is 2.81 bits per heavy atom. The minimum atomic E-state index is 0.658. The fraction of sp³-hybridized carbons (Fsp3) is 0.450. The highest BCUT2D eigenvalue weighted by atomic mass is 32.1. The van der Waals surface area contributed by atoms with Crippen LogP contribution in [0.5, 0.6) is 0 Å². The van der Waals surface area contributed by atoms with Gasteiger partial charge in [0.1, 0.15) is 5.82 Å². The van der Waals surface area contributed by atoms with Gasteiger partial charge >= 0.3 is 0 Å². The number of rotatable bonds is 5. The van der Waals surface area contributed by atoms with Crippen molar-refractivity contribution in [2.75, 3.05) is 13.1 Å². The van der Waals surface area contributed by atoms with Gasteiger partial charge in [0, 0.05) is 54.4 Å². The highest BCUT2D eigenvalue weighted by Gasteiger charge is 2.23. The molecule has 4 heterocycles. The molecule has 0 aromatic carbocycles. The number of hydrogen-bond donors (Lipinski definition) is 0. The third-order valence-electron chi connectivity index (χ3n) is 5.25. The first-order valence-electron chi connectivity index (χ1n) is 9.24. The largest absolute Gasteiger partial charge is 0.328 e. The maximum atomic E-state index is 4.66. The van der Waals surface area contributed by atoms with Crippen LogP contribution in [-0.2, 0) is 13.1 Å². The van der Waals surface area contributed by atoms with Crippen LogP contribution in [0.2, 0.25) is 0 Å². The number of imidazole rings is 1. The van der Waals surface area contributed by atoms with Gasteiger partial charge in [0.25, 0.3) is 0 Å². The summed E-state index contributed by atoms with van der Waals surface area (Å²) in [5.74, 6) is 1.71. The van der Waals surface area contributed by atoms with Crippen molar-refractivity contribution >= 4 is 11.3 Å². The first-order chi connectivity index (χ1) is 12.7. The van der Waals surface area contributed by atoms with E-state index in [1.807, 2.05) is 36.2 Å². The lowest BCUT2D eigenvalue weighted by Crippen LogP contribution is -2.36. The molecule has 0 spiro atoms. The zero-order valence-corrected chi connectivity index (χ0v) is 16.2. The number of aromatic nitrogens is 4.